The third kappa shape index (κ3) is 3.90. The second-order valence-electron chi connectivity index (χ2n) is 7.01. The molecule has 2 heterocycles. The fraction of sp³-hybridized carbons (Fsp3) is 0.300. The minimum atomic E-state index is -0.820. The van der Waals surface area contributed by atoms with Gasteiger partial charge in [0.2, 0.25) is 12.7 Å². The predicted molar refractivity (Wildman–Crippen MR) is 103 cm³/mol. The molecular weight excluding hydrogens is 378 g/mol. The van der Waals surface area contributed by atoms with Gasteiger partial charge in [-0.2, -0.15) is 5.10 Å². The molecule has 1 N–H and O–H groups in total. The maximum absolute atomic E-state index is 12.5. The summed E-state index contributed by atoms with van der Waals surface area (Å²) < 4.78 is 16.8. The number of fused-ring (bicyclic) bond motifs is 2. The summed E-state index contributed by atoms with van der Waals surface area (Å²) in [6, 6.07) is 9.79. The average molecular weight is 397 g/mol. The van der Waals surface area contributed by atoms with E-state index < -0.39 is 10.5 Å². The zero-order chi connectivity index (χ0) is 20.4. The fourth-order valence-corrected chi connectivity index (χ4v) is 3.54. The summed E-state index contributed by atoms with van der Waals surface area (Å²) in [6.45, 7) is 2.53. The molecule has 150 valence electrons. The van der Waals surface area contributed by atoms with Gasteiger partial charge in [0.15, 0.2) is 11.5 Å². The van der Waals surface area contributed by atoms with Crippen LogP contribution in [0.1, 0.15) is 30.0 Å². The van der Waals surface area contributed by atoms with Crippen molar-refractivity contribution < 1.29 is 23.9 Å². The van der Waals surface area contributed by atoms with E-state index in [-0.39, 0.29) is 24.8 Å². The molecule has 0 saturated heterocycles. The third-order valence-electron chi connectivity index (χ3n) is 4.94. The number of ether oxygens (including phenoxy) is 3. The van der Waals surface area contributed by atoms with E-state index in [1.807, 2.05) is 19.1 Å². The van der Waals surface area contributed by atoms with Crippen molar-refractivity contribution in [2.45, 2.75) is 25.4 Å². The average Bonchev–Trinajstić information content (AvgIpc) is 3.14. The second-order valence-corrected chi connectivity index (χ2v) is 7.01. The van der Waals surface area contributed by atoms with Crippen LogP contribution in [0.5, 0.6) is 11.5 Å². The maximum atomic E-state index is 12.5. The molecule has 1 unspecified atom stereocenters. The minimum absolute atomic E-state index is 0.0428. The van der Waals surface area contributed by atoms with Crippen LogP contribution in [-0.4, -0.2) is 30.4 Å². The van der Waals surface area contributed by atoms with Crippen LogP contribution in [-0.2, 0) is 21.6 Å². The zero-order valence-corrected chi connectivity index (χ0v) is 15.7. The molecule has 9 nitrogen and oxygen atoms in total. The van der Waals surface area contributed by atoms with E-state index in [2.05, 4.69) is 10.5 Å². The minimum Gasteiger partial charge on any atom is -0.454 e. The molecule has 9 heteroatoms. The van der Waals surface area contributed by atoms with Crippen molar-refractivity contribution in [3.8, 4) is 11.5 Å². The fourth-order valence-electron chi connectivity index (χ4n) is 3.54. The highest BCUT2D eigenvalue weighted by Gasteiger charge is 2.37. The lowest BCUT2D eigenvalue weighted by atomic mass is 9.84. The van der Waals surface area contributed by atoms with Crippen molar-refractivity contribution >= 4 is 17.8 Å². The van der Waals surface area contributed by atoms with Gasteiger partial charge in [0, 0.05) is 17.7 Å². The van der Waals surface area contributed by atoms with Crippen molar-refractivity contribution in [1.29, 1.82) is 0 Å². The van der Waals surface area contributed by atoms with Gasteiger partial charge < -0.3 is 14.2 Å². The first-order valence-electron chi connectivity index (χ1n) is 9.08. The Kier molecular flexibility index (Phi) is 4.89. The zero-order valence-electron chi connectivity index (χ0n) is 15.7. The molecule has 29 heavy (non-hydrogen) atoms. The van der Waals surface area contributed by atoms with E-state index in [4.69, 9.17) is 14.2 Å². The van der Waals surface area contributed by atoms with E-state index >= 15 is 0 Å². The first-order valence-corrected chi connectivity index (χ1v) is 9.08. The molecule has 0 bridgehead atoms. The number of nitrogens with zero attached hydrogens (tertiary/aromatic N) is 2. The van der Waals surface area contributed by atoms with E-state index in [1.54, 1.807) is 12.1 Å². The number of carbonyl (C=O) groups is 1. The maximum Gasteiger partial charge on any atom is 0.270 e. The molecular formula is C20H19N3O6. The molecule has 0 spiro atoms. The molecule has 2 aliphatic rings. The Bertz CT molecular complexity index is 1010. The molecule has 2 aromatic rings. The number of nitrogens with one attached hydrogen (secondary N) is 1. The first-order chi connectivity index (χ1) is 13.9. The lowest BCUT2D eigenvalue weighted by Gasteiger charge is -2.35. The highest BCUT2D eigenvalue weighted by molar-refractivity contribution is 5.83. The number of rotatable bonds is 5. The highest BCUT2D eigenvalue weighted by Crippen LogP contribution is 2.43. The van der Waals surface area contributed by atoms with Crippen LogP contribution in [0, 0.1) is 10.1 Å². The van der Waals surface area contributed by atoms with Gasteiger partial charge in [0.1, 0.15) is 0 Å². The highest BCUT2D eigenvalue weighted by atomic mass is 16.7. The van der Waals surface area contributed by atoms with Gasteiger partial charge in [0.25, 0.3) is 5.69 Å². The van der Waals surface area contributed by atoms with Crippen LogP contribution >= 0.6 is 0 Å². The van der Waals surface area contributed by atoms with Crippen molar-refractivity contribution in [2.75, 3.05) is 13.4 Å². The monoisotopic (exact) mass is 397 g/mol. The number of hydrogen-bond donors (Lipinski definition) is 1. The van der Waals surface area contributed by atoms with E-state index in [0.717, 1.165) is 17.5 Å². The predicted octanol–water partition coefficient (Wildman–Crippen LogP) is 2.65. The van der Waals surface area contributed by atoms with Crippen LogP contribution in [0.2, 0.25) is 0 Å². The van der Waals surface area contributed by atoms with Crippen molar-refractivity contribution in [3.63, 3.8) is 0 Å². The van der Waals surface area contributed by atoms with E-state index in [0.29, 0.717) is 23.7 Å². The van der Waals surface area contributed by atoms with Crippen LogP contribution in [0.4, 0.5) is 5.69 Å². The largest absolute Gasteiger partial charge is 0.454 e. The lowest BCUT2D eigenvalue weighted by Crippen LogP contribution is -2.37. The molecule has 0 aromatic heterocycles. The molecule has 2 aromatic carbocycles. The summed E-state index contributed by atoms with van der Waals surface area (Å²) >= 11 is 0. The van der Waals surface area contributed by atoms with Crippen molar-refractivity contribution in [2.24, 2.45) is 5.10 Å². The number of amides is 1. The van der Waals surface area contributed by atoms with Gasteiger partial charge in [-0.05, 0) is 36.6 Å². The van der Waals surface area contributed by atoms with Crippen LogP contribution in [0.15, 0.2) is 41.5 Å². The smallest absolute Gasteiger partial charge is 0.270 e. The van der Waals surface area contributed by atoms with Crippen LogP contribution in [0.25, 0.3) is 0 Å². The number of hydrogen-bond acceptors (Lipinski definition) is 7. The number of nitro groups is 1. The number of hydrazone groups is 1. The van der Waals surface area contributed by atoms with E-state index in [9.17, 15) is 14.9 Å². The molecule has 0 saturated carbocycles. The summed E-state index contributed by atoms with van der Waals surface area (Å²) in [7, 11) is 0. The number of nitro benzene ring substituents is 1. The Morgan fingerprint density at radius 3 is 2.90 bits per heavy atom. The summed E-state index contributed by atoms with van der Waals surface area (Å²) in [6.07, 6.45) is 2.15. The van der Waals surface area contributed by atoms with Gasteiger partial charge in [-0.3, -0.25) is 14.9 Å². The normalized spacial score (nSPS) is 19.8. The third-order valence-corrected chi connectivity index (χ3v) is 4.94. The standard InChI is InChI=1S/C20H19N3O6/c1-20(16-9-18-17(27-12-28-18)8-14(16)5-6-29-20)10-19(24)22-21-11-13-3-2-4-15(7-13)23(25)26/h2-4,7-9,11H,5-6,10,12H2,1H3,(H,22,24)/b21-11-. The van der Waals surface area contributed by atoms with Gasteiger partial charge >= 0.3 is 0 Å². The first kappa shape index (κ1) is 18.9. The van der Waals surface area contributed by atoms with Crippen LogP contribution in [0.3, 0.4) is 0 Å². The molecule has 0 radical (unpaired) electrons. The topological polar surface area (TPSA) is 112 Å². The van der Waals surface area contributed by atoms with Crippen LogP contribution < -0.4 is 14.9 Å². The molecule has 0 fully saturated rings. The Balaban J connectivity index is 1.45. The number of carbonyl (C=O) groups excluding carboxylic acids is 1. The lowest BCUT2D eigenvalue weighted by molar-refractivity contribution is -0.384. The number of benzene rings is 2. The second kappa shape index (κ2) is 7.51. The summed E-state index contributed by atoms with van der Waals surface area (Å²) in [5.41, 5.74) is 4.07. The summed E-state index contributed by atoms with van der Waals surface area (Å²) in [5.74, 6) is 1.02. The van der Waals surface area contributed by atoms with Gasteiger partial charge in [0.05, 0.1) is 29.8 Å². The van der Waals surface area contributed by atoms with Gasteiger partial charge in [-0.15, -0.1) is 0 Å². The Hall–Kier alpha value is -3.46. The Morgan fingerprint density at radius 2 is 2.10 bits per heavy atom. The molecule has 1 amide bonds. The van der Waals surface area contributed by atoms with Gasteiger partial charge in [-0.25, -0.2) is 5.43 Å². The Morgan fingerprint density at radius 1 is 1.31 bits per heavy atom. The Labute approximate surface area is 166 Å². The van der Waals surface area contributed by atoms with Crippen molar-refractivity contribution in [3.05, 3.63) is 63.2 Å². The summed E-state index contributed by atoms with van der Waals surface area (Å²) in [4.78, 5) is 22.8. The number of non-ortho nitro benzene ring substituents is 1. The summed E-state index contributed by atoms with van der Waals surface area (Å²) in [5, 5.41) is 14.7. The molecule has 2 aliphatic heterocycles. The van der Waals surface area contributed by atoms with E-state index in [1.165, 1.54) is 18.3 Å². The molecule has 4 rings (SSSR count). The SMILES string of the molecule is CC1(CC(=O)N/N=C\c2cccc([N+](=O)[O-])c2)OCCc2cc3c(cc21)OCO3. The molecule has 1 atom stereocenters. The van der Waals surface area contributed by atoms with Gasteiger partial charge in [-0.1, -0.05) is 12.1 Å². The van der Waals surface area contributed by atoms with Crippen molar-refractivity contribution in [1.82, 2.24) is 5.43 Å². The molecule has 0 aliphatic carbocycles. The quantitative estimate of drug-likeness (QED) is 0.472.